The molecule has 0 bridgehead atoms. The van der Waals surface area contributed by atoms with Crippen molar-refractivity contribution in [3.8, 4) is 0 Å². The maximum absolute atomic E-state index is 12.0. The van der Waals surface area contributed by atoms with Gasteiger partial charge in [0.25, 0.3) is 0 Å². The SMILES string of the molecule is CCC(C)NC(=NCC(=O)N(C)C)NCC1(CN2CCOCC2)CCCCC1. The Kier molecular flexibility index (Phi) is 9.51. The molecule has 7 heteroatoms. The predicted octanol–water partition coefficient (Wildman–Crippen LogP) is 1.69. The molecule has 1 heterocycles. The lowest BCUT2D eigenvalue weighted by molar-refractivity contribution is -0.127. The zero-order valence-electron chi connectivity index (χ0n) is 18.4. The molecule has 1 saturated carbocycles. The fourth-order valence-electron chi connectivity index (χ4n) is 3.97. The second-order valence-electron chi connectivity index (χ2n) is 8.71. The van der Waals surface area contributed by atoms with Gasteiger partial charge in [0.1, 0.15) is 6.54 Å². The van der Waals surface area contributed by atoms with Gasteiger partial charge < -0.3 is 20.3 Å². The summed E-state index contributed by atoms with van der Waals surface area (Å²) in [6.45, 7) is 10.3. The van der Waals surface area contributed by atoms with Crippen LogP contribution in [0.1, 0.15) is 52.4 Å². The van der Waals surface area contributed by atoms with Crippen LogP contribution in [0.4, 0.5) is 0 Å². The third kappa shape index (κ3) is 7.59. The molecule has 1 amide bonds. The molecule has 0 aromatic carbocycles. The molecule has 0 radical (unpaired) electrons. The molecule has 2 N–H and O–H groups in total. The normalized spacial score (nSPS) is 21.8. The minimum Gasteiger partial charge on any atom is -0.379 e. The van der Waals surface area contributed by atoms with Gasteiger partial charge in [0.15, 0.2) is 5.96 Å². The molecular formula is C21H41N5O2. The number of morpholine rings is 1. The molecule has 1 unspecified atom stereocenters. The van der Waals surface area contributed by atoms with Crippen LogP contribution in [0.25, 0.3) is 0 Å². The van der Waals surface area contributed by atoms with Gasteiger partial charge in [-0.15, -0.1) is 0 Å². The Bertz CT molecular complexity index is 497. The van der Waals surface area contributed by atoms with Crippen molar-refractivity contribution in [1.82, 2.24) is 20.4 Å². The van der Waals surface area contributed by atoms with Crippen LogP contribution in [0.15, 0.2) is 4.99 Å². The highest BCUT2D eigenvalue weighted by molar-refractivity contribution is 5.84. The fourth-order valence-corrected chi connectivity index (χ4v) is 3.97. The Hall–Kier alpha value is -1.34. The summed E-state index contributed by atoms with van der Waals surface area (Å²) in [6.07, 6.45) is 7.47. The van der Waals surface area contributed by atoms with Gasteiger partial charge in [0, 0.05) is 51.7 Å². The average Bonchev–Trinajstić information content (AvgIpc) is 2.71. The highest BCUT2D eigenvalue weighted by Crippen LogP contribution is 2.36. The van der Waals surface area contributed by atoms with Crippen LogP contribution in [0.3, 0.4) is 0 Å². The number of carbonyl (C=O) groups is 1. The average molecular weight is 396 g/mol. The molecule has 0 spiro atoms. The van der Waals surface area contributed by atoms with Crippen molar-refractivity contribution in [3.05, 3.63) is 0 Å². The molecule has 1 atom stereocenters. The summed E-state index contributed by atoms with van der Waals surface area (Å²) in [4.78, 5) is 20.7. The van der Waals surface area contributed by atoms with Gasteiger partial charge in [0.05, 0.1) is 13.2 Å². The predicted molar refractivity (Wildman–Crippen MR) is 115 cm³/mol. The van der Waals surface area contributed by atoms with Crippen molar-refractivity contribution in [2.45, 2.75) is 58.4 Å². The molecule has 1 aliphatic heterocycles. The van der Waals surface area contributed by atoms with Gasteiger partial charge in [0.2, 0.25) is 5.91 Å². The van der Waals surface area contributed by atoms with Gasteiger partial charge in [-0.05, 0) is 26.2 Å². The van der Waals surface area contributed by atoms with E-state index in [0.717, 1.165) is 51.8 Å². The van der Waals surface area contributed by atoms with E-state index in [1.807, 2.05) is 0 Å². The number of hydrogen-bond donors (Lipinski definition) is 2. The molecule has 162 valence electrons. The van der Waals surface area contributed by atoms with Gasteiger partial charge in [-0.2, -0.15) is 0 Å². The molecule has 1 aliphatic carbocycles. The monoisotopic (exact) mass is 395 g/mol. The maximum atomic E-state index is 12.0. The van der Waals surface area contributed by atoms with Crippen molar-refractivity contribution in [2.24, 2.45) is 10.4 Å². The van der Waals surface area contributed by atoms with E-state index in [2.05, 4.69) is 34.4 Å². The summed E-state index contributed by atoms with van der Waals surface area (Å²) < 4.78 is 5.53. The summed E-state index contributed by atoms with van der Waals surface area (Å²) in [6, 6.07) is 0.322. The van der Waals surface area contributed by atoms with E-state index >= 15 is 0 Å². The van der Waals surface area contributed by atoms with Crippen molar-refractivity contribution >= 4 is 11.9 Å². The molecule has 28 heavy (non-hydrogen) atoms. The lowest BCUT2D eigenvalue weighted by Gasteiger charge is -2.42. The Balaban J connectivity index is 2.02. The first-order valence-corrected chi connectivity index (χ1v) is 11.0. The fraction of sp³-hybridized carbons (Fsp3) is 0.905. The number of nitrogens with zero attached hydrogens (tertiary/aromatic N) is 3. The van der Waals surface area contributed by atoms with Crippen LogP contribution in [0, 0.1) is 5.41 Å². The maximum Gasteiger partial charge on any atom is 0.243 e. The Labute approximate surface area is 171 Å². The Morgan fingerprint density at radius 2 is 1.89 bits per heavy atom. The van der Waals surface area contributed by atoms with E-state index in [-0.39, 0.29) is 17.9 Å². The highest BCUT2D eigenvalue weighted by Gasteiger charge is 2.34. The van der Waals surface area contributed by atoms with E-state index in [1.165, 1.54) is 32.1 Å². The molecule has 0 aromatic rings. The summed E-state index contributed by atoms with van der Waals surface area (Å²) in [5.41, 5.74) is 0.277. The Morgan fingerprint density at radius 3 is 2.50 bits per heavy atom. The minimum atomic E-state index is 0.0194. The number of carbonyl (C=O) groups excluding carboxylic acids is 1. The first-order valence-electron chi connectivity index (χ1n) is 11.0. The van der Waals surface area contributed by atoms with Crippen LogP contribution in [-0.2, 0) is 9.53 Å². The summed E-state index contributed by atoms with van der Waals surface area (Å²) in [5, 5.41) is 7.05. The van der Waals surface area contributed by atoms with Crippen LogP contribution >= 0.6 is 0 Å². The summed E-state index contributed by atoms with van der Waals surface area (Å²) in [7, 11) is 3.54. The quantitative estimate of drug-likeness (QED) is 0.484. The van der Waals surface area contributed by atoms with E-state index in [0.29, 0.717) is 6.04 Å². The van der Waals surface area contributed by atoms with Crippen LogP contribution in [0.2, 0.25) is 0 Å². The largest absolute Gasteiger partial charge is 0.379 e. The third-order valence-electron chi connectivity index (χ3n) is 6.07. The van der Waals surface area contributed by atoms with E-state index in [9.17, 15) is 4.79 Å². The first-order chi connectivity index (χ1) is 13.4. The number of rotatable bonds is 8. The van der Waals surface area contributed by atoms with E-state index in [1.54, 1.807) is 19.0 Å². The second-order valence-corrected chi connectivity index (χ2v) is 8.71. The Morgan fingerprint density at radius 1 is 1.21 bits per heavy atom. The van der Waals surface area contributed by atoms with Crippen molar-refractivity contribution in [3.63, 3.8) is 0 Å². The van der Waals surface area contributed by atoms with E-state index in [4.69, 9.17) is 4.74 Å². The number of nitrogens with one attached hydrogen (secondary N) is 2. The second kappa shape index (κ2) is 11.6. The molecular weight excluding hydrogens is 354 g/mol. The molecule has 1 saturated heterocycles. The van der Waals surface area contributed by atoms with Crippen molar-refractivity contribution < 1.29 is 9.53 Å². The van der Waals surface area contributed by atoms with Gasteiger partial charge in [-0.3, -0.25) is 9.69 Å². The third-order valence-corrected chi connectivity index (χ3v) is 6.07. The topological polar surface area (TPSA) is 69.2 Å². The number of guanidine groups is 1. The summed E-state index contributed by atoms with van der Waals surface area (Å²) in [5.74, 6) is 0.780. The zero-order chi connectivity index (χ0) is 20.4. The van der Waals surface area contributed by atoms with Gasteiger partial charge >= 0.3 is 0 Å². The van der Waals surface area contributed by atoms with Crippen LogP contribution in [-0.4, -0.2) is 87.7 Å². The number of hydrogen-bond acceptors (Lipinski definition) is 4. The van der Waals surface area contributed by atoms with Crippen molar-refractivity contribution in [1.29, 1.82) is 0 Å². The zero-order valence-corrected chi connectivity index (χ0v) is 18.4. The number of amides is 1. The molecule has 2 aliphatic rings. The molecule has 2 rings (SSSR count). The molecule has 0 aromatic heterocycles. The number of ether oxygens (including phenoxy) is 1. The van der Waals surface area contributed by atoms with E-state index < -0.39 is 0 Å². The number of likely N-dealkylation sites (N-methyl/N-ethyl adjacent to an activating group) is 1. The molecule has 2 fully saturated rings. The lowest BCUT2D eigenvalue weighted by atomic mass is 9.73. The minimum absolute atomic E-state index is 0.0194. The molecule has 7 nitrogen and oxygen atoms in total. The standard InChI is InChI=1S/C21H41N5O2/c1-5-18(2)24-20(22-15-19(27)25(3)4)23-16-21(9-7-6-8-10-21)17-26-11-13-28-14-12-26/h18H,5-17H2,1-4H3,(H2,22,23,24). The highest BCUT2D eigenvalue weighted by atomic mass is 16.5. The van der Waals surface area contributed by atoms with Crippen LogP contribution in [0.5, 0.6) is 0 Å². The van der Waals surface area contributed by atoms with Crippen LogP contribution < -0.4 is 10.6 Å². The summed E-state index contributed by atoms with van der Waals surface area (Å²) >= 11 is 0. The smallest absolute Gasteiger partial charge is 0.243 e. The number of aliphatic imine (C=N–C) groups is 1. The van der Waals surface area contributed by atoms with Crippen molar-refractivity contribution in [2.75, 3.05) is 60.0 Å². The van der Waals surface area contributed by atoms with Gasteiger partial charge in [-0.1, -0.05) is 26.2 Å². The van der Waals surface area contributed by atoms with Gasteiger partial charge in [-0.25, -0.2) is 4.99 Å². The lowest BCUT2D eigenvalue weighted by Crippen LogP contribution is -2.52. The first kappa shape index (κ1) is 22.9.